The molecule has 3 unspecified atom stereocenters. The van der Waals surface area contributed by atoms with Gasteiger partial charge < -0.3 is 5.11 Å². The van der Waals surface area contributed by atoms with Crippen molar-refractivity contribution in [2.45, 2.75) is 19.1 Å². The third-order valence-corrected chi connectivity index (χ3v) is 2.58. The topological polar surface area (TPSA) is 23.2 Å². The molecule has 1 aromatic carbocycles. The third-order valence-electron chi connectivity index (χ3n) is 2.58. The van der Waals surface area contributed by atoms with Gasteiger partial charge in [0.15, 0.2) is 0 Å². The average molecular weight is 177 g/mol. The summed E-state index contributed by atoms with van der Waals surface area (Å²) in [6, 6.07) is 10.5. The zero-order valence-corrected chi connectivity index (χ0v) is 7.85. The zero-order chi connectivity index (χ0) is 9.26. The molecule has 1 aliphatic heterocycles. The minimum Gasteiger partial charge on any atom is -0.387 e. The summed E-state index contributed by atoms with van der Waals surface area (Å²) in [6.07, 6.45) is -0.328. The summed E-state index contributed by atoms with van der Waals surface area (Å²) in [7, 11) is 0. The van der Waals surface area contributed by atoms with E-state index in [0.29, 0.717) is 6.04 Å². The lowest BCUT2D eigenvalue weighted by molar-refractivity contribution is 0.153. The van der Waals surface area contributed by atoms with Crippen LogP contribution in [0.4, 0.5) is 0 Å². The van der Waals surface area contributed by atoms with E-state index in [1.54, 1.807) is 0 Å². The summed E-state index contributed by atoms with van der Waals surface area (Å²) in [5.41, 5.74) is 1.02. The van der Waals surface area contributed by atoms with Gasteiger partial charge in [-0.25, -0.2) is 0 Å². The molecule has 1 heterocycles. The second-order valence-electron chi connectivity index (χ2n) is 3.73. The quantitative estimate of drug-likeness (QED) is 0.706. The Bertz CT molecular complexity index is 273. The molecule has 0 saturated carbocycles. The monoisotopic (exact) mass is 177 g/mol. The van der Waals surface area contributed by atoms with E-state index in [2.05, 4.69) is 11.8 Å². The fourth-order valence-electron chi connectivity index (χ4n) is 1.55. The maximum absolute atomic E-state index is 9.81. The summed E-state index contributed by atoms with van der Waals surface area (Å²) in [5.74, 6) is 0. The van der Waals surface area contributed by atoms with Gasteiger partial charge in [-0.2, -0.15) is 0 Å². The number of aliphatic hydroxyl groups excluding tert-OH is 1. The van der Waals surface area contributed by atoms with Crippen molar-refractivity contribution in [1.29, 1.82) is 0 Å². The Morgan fingerprint density at radius 1 is 1.46 bits per heavy atom. The van der Waals surface area contributed by atoms with Crippen LogP contribution in [0.2, 0.25) is 0 Å². The van der Waals surface area contributed by atoms with Crippen LogP contribution in [0.3, 0.4) is 0 Å². The number of rotatable bonds is 3. The van der Waals surface area contributed by atoms with E-state index in [1.807, 2.05) is 30.3 Å². The minimum absolute atomic E-state index is 0.328. The van der Waals surface area contributed by atoms with Crippen LogP contribution in [-0.2, 0) is 0 Å². The molecule has 70 valence electrons. The van der Waals surface area contributed by atoms with Crippen LogP contribution in [0, 0.1) is 0 Å². The SMILES string of the molecule is CC1CN1CC(O)c1ccccc1. The molecule has 1 aliphatic rings. The van der Waals surface area contributed by atoms with Gasteiger partial charge >= 0.3 is 0 Å². The van der Waals surface area contributed by atoms with Crippen molar-refractivity contribution in [3.63, 3.8) is 0 Å². The molecule has 2 nitrogen and oxygen atoms in total. The highest BCUT2D eigenvalue weighted by atomic mass is 16.3. The zero-order valence-electron chi connectivity index (χ0n) is 7.85. The van der Waals surface area contributed by atoms with Crippen molar-refractivity contribution in [2.24, 2.45) is 0 Å². The Kier molecular flexibility index (Phi) is 2.34. The van der Waals surface area contributed by atoms with Crippen LogP contribution in [0.25, 0.3) is 0 Å². The molecule has 1 fully saturated rings. The highest BCUT2D eigenvalue weighted by molar-refractivity contribution is 5.17. The Morgan fingerprint density at radius 2 is 2.08 bits per heavy atom. The maximum atomic E-state index is 9.81. The molecule has 0 radical (unpaired) electrons. The first-order valence-corrected chi connectivity index (χ1v) is 4.74. The molecule has 2 rings (SSSR count). The van der Waals surface area contributed by atoms with Crippen LogP contribution < -0.4 is 0 Å². The lowest BCUT2D eigenvalue weighted by atomic mass is 10.1. The highest BCUT2D eigenvalue weighted by Gasteiger charge is 2.30. The van der Waals surface area contributed by atoms with E-state index in [1.165, 1.54) is 0 Å². The van der Waals surface area contributed by atoms with Crippen molar-refractivity contribution >= 4 is 0 Å². The average Bonchev–Trinajstić information content (AvgIpc) is 2.83. The van der Waals surface area contributed by atoms with Crippen molar-refractivity contribution < 1.29 is 5.11 Å². The van der Waals surface area contributed by atoms with Gasteiger partial charge in [-0.05, 0) is 12.5 Å². The number of hydrogen-bond acceptors (Lipinski definition) is 2. The molecule has 3 atom stereocenters. The number of benzene rings is 1. The van der Waals surface area contributed by atoms with E-state index < -0.39 is 0 Å². The second kappa shape index (κ2) is 3.48. The van der Waals surface area contributed by atoms with E-state index in [0.717, 1.165) is 18.7 Å². The molecular weight excluding hydrogens is 162 g/mol. The summed E-state index contributed by atoms with van der Waals surface area (Å²) >= 11 is 0. The van der Waals surface area contributed by atoms with Crippen LogP contribution in [0.1, 0.15) is 18.6 Å². The summed E-state index contributed by atoms with van der Waals surface area (Å²) in [6.45, 7) is 4.08. The largest absolute Gasteiger partial charge is 0.387 e. The van der Waals surface area contributed by atoms with Gasteiger partial charge in [-0.15, -0.1) is 0 Å². The molecule has 1 aromatic rings. The molecule has 1 N–H and O–H groups in total. The lowest BCUT2D eigenvalue weighted by Crippen LogP contribution is -2.12. The van der Waals surface area contributed by atoms with E-state index in [-0.39, 0.29) is 6.10 Å². The highest BCUT2D eigenvalue weighted by Crippen LogP contribution is 2.22. The third kappa shape index (κ3) is 2.08. The predicted molar refractivity (Wildman–Crippen MR) is 52.4 cm³/mol. The van der Waals surface area contributed by atoms with Crippen LogP contribution >= 0.6 is 0 Å². The molecular formula is C11H15NO. The first-order valence-electron chi connectivity index (χ1n) is 4.74. The molecule has 0 amide bonds. The van der Waals surface area contributed by atoms with Gasteiger partial charge in [0.1, 0.15) is 0 Å². The van der Waals surface area contributed by atoms with Gasteiger partial charge in [0.25, 0.3) is 0 Å². The molecule has 0 aliphatic carbocycles. The van der Waals surface area contributed by atoms with Gasteiger partial charge in [0.2, 0.25) is 0 Å². The van der Waals surface area contributed by atoms with Crippen molar-refractivity contribution in [2.75, 3.05) is 13.1 Å². The fraction of sp³-hybridized carbons (Fsp3) is 0.455. The Hall–Kier alpha value is -0.860. The number of β-amino-alcohol motifs (C(OH)–C–C–N with tert-alkyl or cyclic N) is 1. The molecule has 1 saturated heterocycles. The van der Waals surface area contributed by atoms with Crippen LogP contribution in [0.15, 0.2) is 30.3 Å². The first kappa shape index (κ1) is 8.73. The van der Waals surface area contributed by atoms with Gasteiger partial charge in [-0.1, -0.05) is 30.3 Å². The number of nitrogens with zero attached hydrogens (tertiary/aromatic N) is 1. The van der Waals surface area contributed by atoms with E-state index >= 15 is 0 Å². The number of hydrogen-bond donors (Lipinski definition) is 1. The van der Waals surface area contributed by atoms with Crippen LogP contribution in [0.5, 0.6) is 0 Å². The first-order chi connectivity index (χ1) is 6.27. The maximum Gasteiger partial charge on any atom is 0.0917 e. The van der Waals surface area contributed by atoms with Crippen molar-refractivity contribution in [3.8, 4) is 0 Å². The summed E-state index contributed by atoms with van der Waals surface area (Å²) in [4.78, 5) is 2.26. The van der Waals surface area contributed by atoms with Gasteiger partial charge in [0, 0.05) is 19.1 Å². The smallest absolute Gasteiger partial charge is 0.0917 e. The predicted octanol–water partition coefficient (Wildman–Crippen LogP) is 1.42. The van der Waals surface area contributed by atoms with Gasteiger partial charge in [0.05, 0.1) is 6.10 Å². The Labute approximate surface area is 78.8 Å². The minimum atomic E-state index is -0.328. The summed E-state index contributed by atoms with van der Waals surface area (Å²) < 4.78 is 0. The van der Waals surface area contributed by atoms with E-state index in [4.69, 9.17) is 0 Å². The normalized spacial score (nSPS) is 28.5. The molecule has 0 aromatic heterocycles. The molecule has 0 spiro atoms. The molecule has 0 bridgehead atoms. The molecule has 2 heteroatoms. The number of aliphatic hydroxyl groups is 1. The van der Waals surface area contributed by atoms with Crippen molar-refractivity contribution in [1.82, 2.24) is 4.90 Å². The van der Waals surface area contributed by atoms with Crippen molar-refractivity contribution in [3.05, 3.63) is 35.9 Å². The second-order valence-corrected chi connectivity index (χ2v) is 3.73. The van der Waals surface area contributed by atoms with E-state index in [9.17, 15) is 5.11 Å². The van der Waals surface area contributed by atoms with Crippen LogP contribution in [-0.4, -0.2) is 29.1 Å². The Morgan fingerprint density at radius 3 is 2.62 bits per heavy atom. The Balaban J connectivity index is 1.94. The molecule has 13 heavy (non-hydrogen) atoms. The summed E-state index contributed by atoms with van der Waals surface area (Å²) in [5, 5.41) is 9.81. The standard InChI is InChI=1S/C11H15NO/c1-9-7-12(9)8-11(13)10-5-3-2-4-6-10/h2-6,9,11,13H,7-8H2,1H3. The van der Waals surface area contributed by atoms with Gasteiger partial charge in [-0.3, -0.25) is 4.90 Å². The lowest BCUT2D eigenvalue weighted by Gasteiger charge is -2.11. The fourth-order valence-corrected chi connectivity index (χ4v) is 1.55.